The third kappa shape index (κ3) is 62.3. The van der Waals surface area contributed by atoms with Crippen molar-refractivity contribution in [2.75, 3.05) is 13.2 Å². The molecule has 0 radical (unpaired) electrons. The van der Waals surface area contributed by atoms with E-state index in [1.807, 2.05) is 18.2 Å². The predicted molar refractivity (Wildman–Crippen MR) is 334 cm³/mol. The molecule has 0 saturated heterocycles. The Morgan fingerprint density at radius 3 is 0.935 bits per heavy atom. The molecule has 0 rings (SSSR count). The van der Waals surface area contributed by atoms with Crippen molar-refractivity contribution in [3.05, 3.63) is 134 Å². The smallest absolute Gasteiger partial charge is 0.310 e. The summed E-state index contributed by atoms with van der Waals surface area (Å²) < 4.78 is 16.7. The van der Waals surface area contributed by atoms with E-state index in [9.17, 15) is 14.4 Å². The van der Waals surface area contributed by atoms with Gasteiger partial charge in [-0.2, -0.15) is 0 Å². The first-order valence-corrected chi connectivity index (χ1v) is 31.7. The number of rotatable bonds is 56. The Kier molecular flexibility index (Phi) is 60.4. The second-order valence-corrected chi connectivity index (χ2v) is 20.6. The molecular weight excluding hydrogens is 949 g/mol. The van der Waals surface area contributed by atoms with Gasteiger partial charge in [-0.25, -0.2) is 0 Å². The fourth-order valence-electron chi connectivity index (χ4n) is 8.50. The summed E-state index contributed by atoms with van der Waals surface area (Å²) in [4.78, 5) is 38.1. The van der Waals surface area contributed by atoms with Gasteiger partial charge in [0.15, 0.2) is 6.10 Å². The lowest BCUT2D eigenvalue weighted by Crippen LogP contribution is -2.30. The van der Waals surface area contributed by atoms with Crippen molar-refractivity contribution >= 4 is 17.9 Å². The normalized spacial score (nSPS) is 13.0. The number of carbonyl (C=O) groups excluding carboxylic acids is 3. The SMILES string of the molecule is CC/C=C\C/C=C\C/C=C\C/C=C\C/C=C\CC(=O)OC(COC(=O)CC/C=C\C/C=C\C/C=C\C/C=C\CC)COC(=O)CCCCCCCCCCCCCCCCCCCCC/C=C\C/C=C\CCCCCCC. The minimum Gasteiger partial charge on any atom is -0.462 e. The molecule has 0 aromatic rings. The lowest BCUT2D eigenvalue weighted by atomic mass is 10.0. The van der Waals surface area contributed by atoms with Gasteiger partial charge in [0.05, 0.1) is 6.42 Å². The van der Waals surface area contributed by atoms with Gasteiger partial charge in [-0.05, 0) is 103 Å². The maximum atomic E-state index is 12.8. The predicted octanol–water partition coefficient (Wildman–Crippen LogP) is 21.8. The highest BCUT2D eigenvalue weighted by atomic mass is 16.6. The Balaban J connectivity index is 4.28. The molecule has 0 saturated carbocycles. The maximum absolute atomic E-state index is 12.8. The lowest BCUT2D eigenvalue weighted by molar-refractivity contribution is -0.166. The summed E-state index contributed by atoms with van der Waals surface area (Å²) in [5.41, 5.74) is 0. The van der Waals surface area contributed by atoms with Gasteiger partial charge in [0, 0.05) is 12.8 Å². The molecule has 0 heterocycles. The van der Waals surface area contributed by atoms with Crippen LogP contribution in [0.15, 0.2) is 134 Å². The number of hydrogen-bond donors (Lipinski definition) is 0. The molecule has 1 atom stereocenters. The van der Waals surface area contributed by atoms with Crippen molar-refractivity contribution in [3.63, 3.8) is 0 Å². The maximum Gasteiger partial charge on any atom is 0.310 e. The number of carbonyl (C=O) groups is 3. The molecule has 0 spiro atoms. The average molecular weight is 1070 g/mol. The van der Waals surface area contributed by atoms with Crippen molar-refractivity contribution in [2.45, 2.75) is 284 Å². The van der Waals surface area contributed by atoms with E-state index < -0.39 is 12.1 Å². The molecule has 0 aliphatic carbocycles. The summed E-state index contributed by atoms with van der Waals surface area (Å²) in [6.45, 7) is 6.25. The Hall–Kier alpha value is -4.45. The van der Waals surface area contributed by atoms with E-state index in [0.717, 1.165) is 77.0 Å². The van der Waals surface area contributed by atoms with Crippen LogP contribution >= 0.6 is 0 Å². The lowest BCUT2D eigenvalue weighted by Gasteiger charge is -2.18. The van der Waals surface area contributed by atoms with Gasteiger partial charge in [-0.3, -0.25) is 14.4 Å². The van der Waals surface area contributed by atoms with Crippen LogP contribution in [0, 0.1) is 0 Å². The number of unbranched alkanes of at least 4 members (excludes halogenated alkanes) is 24. The Bertz CT molecular complexity index is 1650. The number of ether oxygens (including phenoxy) is 3. The molecule has 77 heavy (non-hydrogen) atoms. The van der Waals surface area contributed by atoms with E-state index in [1.54, 1.807) is 6.08 Å². The molecule has 436 valence electrons. The summed E-state index contributed by atoms with van der Waals surface area (Å²) in [5, 5.41) is 0. The van der Waals surface area contributed by atoms with Crippen molar-refractivity contribution in [3.8, 4) is 0 Å². The van der Waals surface area contributed by atoms with E-state index in [2.05, 4.69) is 130 Å². The van der Waals surface area contributed by atoms with E-state index in [0.29, 0.717) is 19.3 Å². The van der Waals surface area contributed by atoms with Crippen LogP contribution in [-0.4, -0.2) is 37.2 Å². The van der Waals surface area contributed by atoms with Gasteiger partial charge in [0.2, 0.25) is 0 Å². The Labute approximate surface area is 475 Å². The first-order chi connectivity index (χ1) is 38.0. The summed E-state index contributed by atoms with van der Waals surface area (Å²) in [7, 11) is 0. The van der Waals surface area contributed by atoms with E-state index in [-0.39, 0.29) is 38.0 Å². The van der Waals surface area contributed by atoms with Crippen LogP contribution in [0.5, 0.6) is 0 Å². The second-order valence-electron chi connectivity index (χ2n) is 20.6. The van der Waals surface area contributed by atoms with E-state index >= 15 is 0 Å². The summed E-state index contributed by atoms with van der Waals surface area (Å²) >= 11 is 0. The van der Waals surface area contributed by atoms with Gasteiger partial charge < -0.3 is 14.2 Å². The molecule has 1 unspecified atom stereocenters. The molecule has 0 aromatic heterocycles. The monoisotopic (exact) mass is 1060 g/mol. The Morgan fingerprint density at radius 1 is 0.286 bits per heavy atom. The van der Waals surface area contributed by atoms with Gasteiger partial charge in [-0.15, -0.1) is 0 Å². The fraction of sp³-hybridized carbons (Fsp3) is 0.648. The van der Waals surface area contributed by atoms with Gasteiger partial charge in [0.1, 0.15) is 13.2 Å². The highest BCUT2D eigenvalue weighted by Crippen LogP contribution is 2.16. The summed E-state index contributed by atoms with van der Waals surface area (Å²) in [6.07, 6.45) is 91.0. The van der Waals surface area contributed by atoms with Crippen LogP contribution in [0.4, 0.5) is 0 Å². The van der Waals surface area contributed by atoms with Crippen LogP contribution in [0.25, 0.3) is 0 Å². The molecule has 0 amide bonds. The molecule has 6 nitrogen and oxygen atoms in total. The largest absolute Gasteiger partial charge is 0.462 e. The van der Waals surface area contributed by atoms with Crippen LogP contribution in [-0.2, 0) is 28.6 Å². The van der Waals surface area contributed by atoms with Crippen molar-refractivity contribution in [1.29, 1.82) is 0 Å². The van der Waals surface area contributed by atoms with Crippen LogP contribution in [0.2, 0.25) is 0 Å². The molecule has 0 aromatic carbocycles. The van der Waals surface area contributed by atoms with Crippen molar-refractivity contribution in [1.82, 2.24) is 0 Å². The molecule has 0 aliphatic heterocycles. The average Bonchev–Trinajstić information content (AvgIpc) is 3.43. The summed E-state index contributed by atoms with van der Waals surface area (Å²) in [6, 6.07) is 0. The zero-order chi connectivity index (χ0) is 55.7. The topological polar surface area (TPSA) is 78.9 Å². The molecule has 0 bridgehead atoms. The van der Waals surface area contributed by atoms with Crippen LogP contribution < -0.4 is 0 Å². The minimum atomic E-state index is -0.865. The van der Waals surface area contributed by atoms with Gasteiger partial charge in [0.25, 0.3) is 0 Å². The molecule has 0 aliphatic rings. The number of esters is 3. The van der Waals surface area contributed by atoms with Crippen LogP contribution in [0.3, 0.4) is 0 Å². The van der Waals surface area contributed by atoms with E-state index in [4.69, 9.17) is 14.2 Å². The first kappa shape index (κ1) is 72.5. The molecule has 0 N–H and O–H groups in total. The minimum absolute atomic E-state index is 0.0787. The highest BCUT2D eigenvalue weighted by molar-refractivity contribution is 5.72. The first-order valence-electron chi connectivity index (χ1n) is 31.7. The quantitative estimate of drug-likeness (QED) is 0.0261. The van der Waals surface area contributed by atoms with Gasteiger partial charge in [-0.1, -0.05) is 289 Å². The summed E-state index contributed by atoms with van der Waals surface area (Å²) in [5.74, 6) is -1.16. The molecule has 0 fully saturated rings. The van der Waals surface area contributed by atoms with Crippen molar-refractivity contribution < 1.29 is 28.6 Å². The highest BCUT2D eigenvalue weighted by Gasteiger charge is 2.19. The zero-order valence-electron chi connectivity index (χ0n) is 49.9. The van der Waals surface area contributed by atoms with Gasteiger partial charge >= 0.3 is 17.9 Å². The third-order valence-electron chi connectivity index (χ3n) is 13.2. The standard InChI is InChI=1S/C71H116O6/c1-4-7-10-13-16-19-22-25-27-28-29-30-31-32-33-34-35-36-37-38-39-40-41-42-44-46-49-52-55-58-61-64-70(73)76-67-68(66-75-69(72)63-60-57-54-51-48-45-24-21-18-15-12-9-6-3)77-71(74)65-62-59-56-53-50-47-43-26-23-20-17-14-11-8-5-2/h8-9,11-12,17-18,20-22,25-26,28-29,43,45,48,50,53-54,57,59,62,68H,4-7,10,13-16,19,23-24,27,30-42,44,46-47,49,51-52,55-56,58,60-61,63-67H2,1-3H3/b11-8-,12-9-,20-17-,21-18-,25-22-,29-28-,43-26-,48-45-,53-50-,57-54-,62-59-. The third-order valence-corrected chi connectivity index (χ3v) is 13.2. The second kappa shape index (κ2) is 64.1. The van der Waals surface area contributed by atoms with Crippen LogP contribution in [0.1, 0.15) is 278 Å². The fourth-order valence-corrected chi connectivity index (χ4v) is 8.50. The Morgan fingerprint density at radius 2 is 0.571 bits per heavy atom. The number of allylic oxidation sites excluding steroid dienone is 21. The molecule has 6 heteroatoms. The van der Waals surface area contributed by atoms with E-state index in [1.165, 1.54) is 148 Å². The molecular formula is C71H116O6. The zero-order valence-corrected chi connectivity index (χ0v) is 49.9. The van der Waals surface area contributed by atoms with Crippen molar-refractivity contribution in [2.24, 2.45) is 0 Å². The number of hydrogen-bond acceptors (Lipinski definition) is 6.